The average Bonchev–Trinajstić information content (AvgIpc) is 2.86. The van der Waals surface area contributed by atoms with Gasteiger partial charge < -0.3 is 0 Å². The summed E-state index contributed by atoms with van der Waals surface area (Å²) < 4.78 is 3.64. The first-order chi connectivity index (χ1) is 12.1. The molecule has 1 heterocycles. The second-order valence-corrected chi connectivity index (χ2v) is 6.63. The molecule has 0 saturated heterocycles. The van der Waals surface area contributed by atoms with E-state index in [2.05, 4.69) is 32.1 Å². The van der Waals surface area contributed by atoms with Gasteiger partial charge in [0.05, 0.1) is 22.3 Å². The summed E-state index contributed by atoms with van der Waals surface area (Å²) >= 11 is 0. The van der Waals surface area contributed by atoms with Gasteiger partial charge in [0, 0.05) is 19.5 Å². The van der Waals surface area contributed by atoms with Crippen LogP contribution in [-0.4, -0.2) is 9.13 Å². The molecule has 0 fully saturated rings. The van der Waals surface area contributed by atoms with E-state index in [0.29, 0.717) is 0 Å². The molecule has 1 aromatic rings. The Labute approximate surface area is 150 Å². The van der Waals surface area contributed by atoms with E-state index < -0.39 is 0 Å². The fraction of sp³-hybridized carbons (Fsp3) is 0.524. The predicted octanol–water partition coefficient (Wildman–Crippen LogP) is 2.76. The molecule has 1 aliphatic carbocycles. The van der Waals surface area contributed by atoms with E-state index in [1.165, 1.54) is 5.57 Å². The quantitative estimate of drug-likeness (QED) is 0.566. The third kappa shape index (κ3) is 3.87. The lowest BCUT2D eigenvalue weighted by atomic mass is 9.86. The molecule has 0 spiro atoms. The molecule has 2 rings (SSSR count). The molecule has 1 aliphatic rings. The summed E-state index contributed by atoms with van der Waals surface area (Å²) in [7, 11) is 1.84. The molecule has 25 heavy (non-hydrogen) atoms. The minimum Gasteiger partial charge on any atom is -0.295 e. The van der Waals surface area contributed by atoms with Crippen LogP contribution >= 0.6 is 0 Å². The van der Waals surface area contributed by atoms with Gasteiger partial charge in [0.2, 0.25) is 0 Å². The molecule has 0 radical (unpaired) electrons. The number of nitrogens with zero attached hydrogens (tertiary/aromatic N) is 3. The van der Waals surface area contributed by atoms with Crippen LogP contribution in [0.5, 0.6) is 0 Å². The molecule has 4 nitrogen and oxygen atoms in total. The zero-order valence-corrected chi connectivity index (χ0v) is 15.9. The molecule has 0 aliphatic heterocycles. The maximum absolute atomic E-state index is 12.6. The van der Waals surface area contributed by atoms with Crippen molar-refractivity contribution in [2.75, 3.05) is 0 Å². The van der Waals surface area contributed by atoms with E-state index in [4.69, 9.17) is 0 Å². The second kappa shape index (κ2) is 8.71. The highest BCUT2D eigenvalue weighted by Gasteiger charge is 2.19. The van der Waals surface area contributed by atoms with Gasteiger partial charge in [0.25, 0.3) is 0 Å². The van der Waals surface area contributed by atoms with Crippen molar-refractivity contribution < 1.29 is 0 Å². The summed E-state index contributed by atoms with van der Waals surface area (Å²) in [6, 6.07) is 2.35. The van der Waals surface area contributed by atoms with E-state index >= 15 is 0 Å². The minimum atomic E-state index is 0.0570. The van der Waals surface area contributed by atoms with E-state index in [0.717, 1.165) is 54.9 Å². The van der Waals surface area contributed by atoms with Crippen LogP contribution in [-0.2, 0) is 13.6 Å². The number of imidazole rings is 1. The highest BCUT2D eigenvalue weighted by molar-refractivity contribution is 5.49. The number of rotatable bonds is 7. The van der Waals surface area contributed by atoms with Gasteiger partial charge in [-0.1, -0.05) is 44.9 Å². The highest BCUT2D eigenvalue weighted by Crippen LogP contribution is 2.27. The maximum atomic E-state index is 12.6. The summed E-state index contributed by atoms with van der Waals surface area (Å²) in [5, 5.41) is 11.6. The number of unbranched alkanes of at least 4 members (excludes halogenated alkanes) is 1. The van der Waals surface area contributed by atoms with E-state index in [9.17, 15) is 10.1 Å². The van der Waals surface area contributed by atoms with Gasteiger partial charge in [-0.3, -0.25) is 9.13 Å². The van der Waals surface area contributed by atoms with Crippen LogP contribution in [0, 0.1) is 17.2 Å². The van der Waals surface area contributed by atoms with Crippen LogP contribution in [0.25, 0.3) is 12.2 Å². The van der Waals surface area contributed by atoms with Crippen LogP contribution in [0.1, 0.15) is 52.9 Å². The first-order valence-electron chi connectivity index (χ1n) is 9.32. The van der Waals surface area contributed by atoms with Crippen molar-refractivity contribution in [3.05, 3.63) is 44.5 Å². The molecular formula is C21H29N3O. The van der Waals surface area contributed by atoms with Crippen molar-refractivity contribution in [1.82, 2.24) is 9.13 Å². The molecule has 0 bridgehead atoms. The molecule has 134 valence electrons. The second-order valence-electron chi connectivity index (χ2n) is 6.63. The topological polar surface area (TPSA) is 50.7 Å². The smallest absolute Gasteiger partial charge is 0.295 e. The number of aromatic nitrogens is 2. The molecule has 0 saturated carbocycles. The van der Waals surface area contributed by atoms with Crippen molar-refractivity contribution >= 4 is 12.2 Å². The average molecular weight is 339 g/mol. The van der Waals surface area contributed by atoms with E-state index in [1.807, 2.05) is 30.7 Å². The number of hydrogen-bond acceptors (Lipinski definition) is 2. The molecule has 1 aromatic heterocycles. The Morgan fingerprint density at radius 2 is 2.12 bits per heavy atom. The van der Waals surface area contributed by atoms with Crippen LogP contribution in [0.15, 0.2) is 28.1 Å². The first kappa shape index (κ1) is 19.1. The van der Waals surface area contributed by atoms with Gasteiger partial charge in [0.15, 0.2) is 0 Å². The SMILES string of the molecule is CC=CC(C#N)=C(CCC)C1C=c2c(n(CCCC)c(=O)n2C)=CC1. The Morgan fingerprint density at radius 3 is 2.72 bits per heavy atom. The molecule has 0 aromatic carbocycles. The van der Waals surface area contributed by atoms with Gasteiger partial charge in [0.1, 0.15) is 0 Å². The Balaban J connectivity index is 2.58. The standard InChI is InChI=1S/C21H29N3O/c1-5-8-13-24-19-12-11-16(14-20(19)23(4)21(24)25)18(10-7-3)17(15-22)9-6-2/h6,9,12,14,16H,5,7-8,10-11,13H2,1-4H3. The molecule has 1 unspecified atom stereocenters. The zero-order valence-electron chi connectivity index (χ0n) is 15.9. The normalized spacial score (nSPS) is 17.5. The van der Waals surface area contributed by atoms with Crippen LogP contribution in [0.3, 0.4) is 0 Å². The summed E-state index contributed by atoms with van der Waals surface area (Å²) in [6.45, 7) is 6.98. The molecule has 1 atom stereocenters. The maximum Gasteiger partial charge on any atom is 0.328 e. The van der Waals surface area contributed by atoms with Crippen molar-refractivity contribution in [1.29, 1.82) is 5.26 Å². The summed E-state index contributed by atoms with van der Waals surface area (Å²) in [4.78, 5) is 12.6. The lowest BCUT2D eigenvalue weighted by Crippen LogP contribution is -2.36. The Hall–Kier alpha value is -2.28. The van der Waals surface area contributed by atoms with Gasteiger partial charge in [-0.15, -0.1) is 0 Å². The number of allylic oxidation sites excluding steroid dienone is 4. The Bertz CT molecular complexity index is 887. The van der Waals surface area contributed by atoms with Gasteiger partial charge in [-0.2, -0.15) is 5.26 Å². The van der Waals surface area contributed by atoms with Gasteiger partial charge in [-0.05, 0) is 37.8 Å². The predicted molar refractivity (Wildman–Crippen MR) is 103 cm³/mol. The molecule has 4 heteroatoms. The molecule has 0 N–H and O–H groups in total. The summed E-state index contributed by atoms with van der Waals surface area (Å²) in [5.41, 5.74) is 2.00. The fourth-order valence-electron chi connectivity index (χ4n) is 3.55. The number of hydrogen-bond donors (Lipinski definition) is 0. The van der Waals surface area contributed by atoms with Gasteiger partial charge >= 0.3 is 5.69 Å². The number of nitriles is 1. The van der Waals surface area contributed by atoms with Gasteiger partial charge in [-0.25, -0.2) is 4.79 Å². The minimum absolute atomic E-state index is 0.0570. The monoisotopic (exact) mass is 339 g/mol. The van der Waals surface area contributed by atoms with E-state index in [-0.39, 0.29) is 11.6 Å². The van der Waals surface area contributed by atoms with Crippen molar-refractivity contribution in [2.24, 2.45) is 13.0 Å². The van der Waals surface area contributed by atoms with Crippen LogP contribution in [0.2, 0.25) is 0 Å². The van der Waals surface area contributed by atoms with Crippen LogP contribution in [0.4, 0.5) is 0 Å². The third-order valence-electron chi connectivity index (χ3n) is 4.86. The first-order valence-corrected chi connectivity index (χ1v) is 9.32. The van der Waals surface area contributed by atoms with Crippen molar-refractivity contribution in [3.63, 3.8) is 0 Å². The highest BCUT2D eigenvalue weighted by atomic mass is 16.1. The number of fused-ring (bicyclic) bond motifs is 1. The van der Waals surface area contributed by atoms with Crippen molar-refractivity contribution in [2.45, 2.75) is 59.4 Å². The van der Waals surface area contributed by atoms with Crippen LogP contribution < -0.4 is 16.4 Å². The van der Waals surface area contributed by atoms with Crippen molar-refractivity contribution in [3.8, 4) is 6.07 Å². The zero-order chi connectivity index (χ0) is 18.4. The molecule has 0 amide bonds. The summed E-state index contributed by atoms with van der Waals surface area (Å²) in [6.07, 6.45) is 13.0. The fourth-order valence-corrected chi connectivity index (χ4v) is 3.55. The lowest BCUT2D eigenvalue weighted by Gasteiger charge is -2.18. The summed E-state index contributed by atoms with van der Waals surface area (Å²) in [5.74, 6) is 0.186. The lowest BCUT2D eigenvalue weighted by molar-refractivity contribution is 0.591. The van der Waals surface area contributed by atoms with E-state index in [1.54, 1.807) is 4.57 Å². The Kier molecular flexibility index (Phi) is 6.64. The third-order valence-corrected chi connectivity index (χ3v) is 4.86. The molecular weight excluding hydrogens is 310 g/mol. The Morgan fingerprint density at radius 1 is 1.36 bits per heavy atom. The largest absolute Gasteiger partial charge is 0.328 e.